The highest BCUT2D eigenvalue weighted by atomic mass is 19.1. The van der Waals surface area contributed by atoms with Gasteiger partial charge in [-0.2, -0.15) is 0 Å². The van der Waals surface area contributed by atoms with Gasteiger partial charge >= 0.3 is 0 Å². The molecule has 4 heteroatoms. The van der Waals surface area contributed by atoms with Gasteiger partial charge in [-0.1, -0.05) is 60.7 Å². The van der Waals surface area contributed by atoms with Gasteiger partial charge in [-0.15, -0.1) is 0 Å². The highest BCUT2D eigenvalue weighted by molar-refractivity contribution is 6.09. The van der Waals surface area contributed by atoms with Gasteiger partial charge in [0.25, 0.3) is 0 Å². The smallest absolute Gasteiger partial charge is 0.123 e. The lowest BCUT2D eigenvalue weighted by Gasteiger charge is -2.25. The van der Waals surface area contributed by atoms with Crippen LogP contribution in [-0.4, -0.2) is 4.57 Å². The van der Waals surface area contributed by atoms with Crippen molar-refractivity contribution in [3.05, 3.63) is 157 Å². The van der Waals surface area contributed by atoms with Crippen LogP contribution in [-0.2, 0) is 0 Å². The number of hydrogen-bond acceptors (Lipinski definition) is 1. The standard InChI is InChI=1S/C36H24F2N2/c37-27-14-20-30(21-15-27)39(31-22-16-28(38)17-23-31)29-18-12-25(13-19-29)26-6-5-7-32(24-26)40-35-10-3-1-8-33(35)34-9-2-4-11-36(34)40/h1-24H. The molecule has 1 heterocycles. The first kappa shape index (κ1) is 23.9. The van der Waals surface area contributed by atoms with Gasteiger partial charge in [0.1, 0.15) is 11.6 Å². The summed E-state index contributed by atoms with van der Waals surface area (Å²) in [6, 6.07) is 46.4. The van der Waals surface area contributed by atoms with Crippen molar-refractivity contribution >= 4 is 38.9 Å². The molecule has 2 nitrogen and oxygen atoms in total. The molecule has 0 amide bonds. The lowest BCUT2D eigenvalue weighted by Crippen LogP contribution is -2.09. The minimum absolute atomic E-state index is 0.304. The van der Waals surface area contributed by atoms with E-state index < -0.39 is 0 Å². The van der Waals surface area contributed by atoms with Crippen LogP contribution in [0.4, 0.5) is 25.8 Å². The lowest BCUT2D eigenvalue weighted by molar-refractivity contribution is 0.628. The molecule has 40 heavy (non-hydrogen) atoms. The number of nitrogens with zero attached hydrogens (tertiary/aromatic N) is 2. The average Bonchev–Trinajstić information content (AvgIpc) is 3.34. The molecule has 0 aliphatic heterocycles. The molecule has 0 spiro atoms. The molecule has 0 bridgehead atoms. The summed E-state index contributed by atoms with van der Waals surface area (Å²) in [7, 11) is 0. The number of fused-ring (bicyclic) bond motifs is 3. The SMILES string of the molecule is Fc1ccc(N(c2ccc(F)cc2)c2ccc(-c3cccc(-n4c5ccccc5c5ccccc54)c3)cc2)cc1. The summed E-state index contributed by atoms with van der Waals surface area (Å²) in [5.41, 5.74) is 8.07. The predicted molar refractivity (Wildman–Crippen MR) is 161 cm³/mol. The Kier molecular flexibility index (Phi) is 5.86. The highest BCUT2D eigenvalue weighted by Gasteiger charge is 2.14. The van der Waals surface area contributed by atoms with E-state index in [2.05, 4.69) is 89.5 Å². The van der Waals surface area contributed by atoms with Crippen LogP contribution in [0.5, 0.6) is 0 Å². The normalized spacial score (nSPS) is 11.2. The molecule has 0 atom stereocenters. The van der Waals surface area contributed by atoms with Crippen LogP contribution < -0.4 is 4.90 Å². The van der Waals surface area contributed by atoms with Gasteiger partial charge in [0, 0.05) is 33.5 Å². The van der Waals surface area contributed by atoms with E-state index in [0.717, 1.165) is 33.9 Å². The Bertz CT molecular complexity index is 1860. The van der Waals surface area contributed by atoms with E-state index in [4.69, 9.17) is 0 Å². The van der Waals surface area contributed by atoms with Gasteiger partial charge in [-0.05, 0) is 96.1 Å². The zero-order valence-corrected chi connectivity index (χ0v) is 21.5. The van der Waals surface area contributed by atoms with Crippen LogP contribution in [0.1, 0.15) is 0 Å². The zero-order chi connectivity index (χ0) is 27.1. The minimum Gasteiger partial charge on any atom is -0.310 e. The molecule has 7 rings (SSSR count). The van der Waals surface area contributed by atoms with E-state index in [-0.39, 0.29) is 11.6 Å². The van der Waals surface area contributed by atoms with E-state index in [9.17, 15) is 8.78 Å². The molecule has 0 saturated heterocycles. The van der Waals surface area contributed by atoms with Crippen molar-refractivity contribution in [1.82, 2.24) is 4.57 Å². The second kappa shape index (κ2) is 9.83. The Labute approximate surface area is 231 Å². The van der Waals surface area contributed by atoms with E-state index >= 15 is 0 Å². The average molecular weight is 523 g/mol. The van der Waals surface area contributed by atoms with Crippen molar-refractivity contribution in [1.29, 1.82) is 0 Å². The second-order valence-electron chi connectivity index (χ2n) is 9.76. The quantitative estimate of drug-likeness (QED) is 0.218. The summed E-state index contributed by atoms with van der Waals surface area (Å²) >= 11 is 0. The van der Waals surface area contributed by atoms with Gasteiger partial charge in [0.15, 0.2) is 0 Å². The summed E-state index contributed by atoms with van der Waals surface area (Å²) in [6.45, 7) is 0. The fraction of sp³-hybridized carbons (Fsp3) is 0. The van der Waals surface area contributed by atoms with Crippen LogP contribution in [0.2, 0.25) is 0 Å². The Hall–Kier alpha value is -5.22. The molecule has 0 fully saturated rings. The molecule has 0 N–H and O–H groups in total. The summed E-state index contributed by atoms with van der Waals surface area (Å²) in [5.74, 6) is -0.609. The Morgan fingerprint density at radius 1 is 0.425 bits per heavy atom. The van der Waals surface area contributed by atoms with Gasteiger partial charge in [-0.3, -0.25) is 0 Å². The fourth-order valence-corrected chi connectivity index (χ4v) is 5.46. The lowest BCUT2D eigenvalue weighted by atomic mass is 10.0. The number of halogens is 2. The van der Waals surface area contributed by atoms with Crippen molar-refractivity contribution in [3.8, 4) is 16.8 Å². The molecular formula is C36H24F2N2. The third-order valence-corrected chi connectivity index (χ3v) is 7.31. The predicted octanol–water partition coefficient (Wildman–Crippen LogP) is 10.2. The molecule has 0 unspecified atom stereocenters. The number of hydrogen-bond donors (Lipinski definition) is 0. The van der Waals surface area contributed by atoms with Crippen LogP contribution in [0.15, 0.2) is 146 Å². The van der Waals surface area contributed by atoms with Crippen LogP contribution in [0.3, 0.4) is 0 Å². The first-order chi connectivity index (χ1) is 19.7. The van der Waals surface area contributed by atoms with E-state index in [0.29, 0.717) is 0 Å². The summed E-state index contributed by atoms with van der Waals surface area (Å²) < 4.78 is 29.7. The Morgan fingerprint density at radius 2 is 0.900 bits per heavy atom. The largest absolute Gasteiger partial charge is 0.310 e. The number of anilines is 3. The highest BCUT2D eigenvalue weighted by Crippen LogP contribution is 2.37. The zero-order valence-electron chi connectivity index (χ0n) is 21.5. The molecule has 1 aromatic heterocycles. The van der Waals surface area contributed by atoms with Crippen molar-refractivity contribution in [2.45, 2.75) is 0 Å². The molecule has 0 saturated carbocycles. The Balaban J connectivity index is 1.29. The van der Waals surface area contributed by atoms with Crippen molar-refractivity contribution in [2.24, 2.45) is 0 Å². The first-order valence-electron chi connectivity index (χ1n) is 13.2. The first-order valence-corrected chi connectivity index (χ1v) is 13.2. The van der Waals surface area contributed by atoms with E-state index in [1.165, 1.54) is 46.1 Å². The van der Waals surface area contributed by atoms with Crippen LogP contribution >= 0.6 is 0 Å². The van der Waals surface area contributed by atoms with E-state index in [1.54, 1.807) is 24.3 Å². The number of aromatic nitrogens is 1. The number of benzene rings is 6. The van der Waals surface area contributed by atoms with Gasteiger partial charge in [-0.25, -0.2) is 8.78 Å². The minimum atomic E-state index is -0.304. The molecule has 192 valence electrons. The summed E-state index contributed by atoms with van der Waals surface area (Å²) in [5, 5.41) is 2.46. The van der Waals surface area contributed by atoms with Crippen molar-refractivity contribution < 1.29 is 8.78 Å². The molecule has 0 radical (unpaired) electrons. The van der Waals surface area contributed by atoms with Gasteiger partial charge in [0.2, 0.25) is 0 Å². The van der Waals surface area contributed by atoms with E-state index in [1.807, 2.05) is 17.0 Å². The third-order valence-electron chi connectivity index (χ3n) is 7.31. The topological polar surface area (TPSA) is 8.17 Å². The fourth-order valence-electron chi connectivity index (χ4n) is 5.46. The second-order valence-corrected chi connectivity index (χ2v) is 9.76. The molecule has 7 aromatic rings. The van der Waals surface area contributed by atoms with Crippen LogP contribution in [0.25, 0.3) is 38.6 Å². The molecular weight excluding hydrogens is 498 g/mol. The third kappa shape index (κ3) is 4.20. The van der Waals surface area contributed by atoms with Gasteiger partial charge < -0.3 is 9.47 Å². The maximum absolute atomic E-state index is 13.7. The summed E-state index contributed by atoms with van der Waals surface area (Å²) in [4.78, 5) is 1.98. The Morgan fingerprint density at radius 3 is 1.43 bits per heavy atom. The maximum Gasteiger partial charge on any atom is 0.123 e. The molecule has 6 aromatic carbocycles. The molecule has 0 aliphatic carbocycles. The number of para-hydroxylation sites is 2. The molecule has 0 aliphatic rings. The monoisotopic (exact) mass is 522 g/mol. The summed E-state index contributed by atoms with van der Waals surface area (Å²) in [6.07, 6.45) is 0. The maximum atomic E-state index is 13.7. The number of rotatable bonds is 5. The van der Waals surface area contributed by atoms with Crippen LogP contribution in [0, 0.1) is 11.6 Å². The van der Waals surface area contributed by atoms with Crippen molar-refractivity contribution in [3.63, 3.8) is 0 Å². The van der Waals surface area contributed by atoms with Crippen molar-refractivity contribution in [2.75, 3.05) is 4.90 Å². The van der Waals surface area contributed by atoms with Gasteiger partial charge in [0.05, 0.1) is 11.0 Å².